The normalized spacial score (nSPS) is 12.6. The zero-order chi connectivity index (χ0) is 16.2. The standard InChI is InChI=1S/C18H13ClN2O2/c19-14-8-6-13(7-9-14)11-16-18(23)20-15(17(22)21-16)10-12-4-2-1-3-5-12/h1-11H,(H,20,23)(H,21,22)/b15-10-,16-11+. The van der Waals surface area contributed by atoms with Gasteiger partial charge < -0.3 is 9.97 Å². The van der Waals surface area contributed by atoms with Gasteiger partial charge in [0.1, 0.15) is 10.7 Å². The van der Waals surface area contributed by atoms with Crippen molar-refractivity contribution in [3.63, 3.8) is 0 Å². The molecule has 23 heavy (non-hydrogen) atoms. The van der Waals surface area contributed by atoms with Crippen molar-refractivity contribution in [2.45, 2.75) is 0 Å². The number of benzene rings is 2. The number of halogens is 1. The van der Waals surface area contributed by atoms with Gasteiger partial charge >= 0.3 is 0 Å². The molecule has 2 aromatic carbocycles. The quantitative estimate of drug-likeness (QED) is 0.748. The van der Waals surface area contributed by atoms with Crippen LogP contribution in [0.4, 0.5) is 0 Å². The third kappa shape index (κ3) is 3.67. The maximum atomic E-state index is 12.2. The maximum absolute atomic E-state index is 12.2. The van der Waals surface area contributed by atoms with E-state index < -0.39 is 0 Å². The molecule has 0 bridgehead atoms. The van der Waals surface area contributed by atoms with Crippen LogP contribution in [0.3, 0.4) is 0 Å². The molecule has 5 heteroatoms. The first-order valence-electron chi connectivity index (χ1n) is 6.98. The van der Waals surface area contributed by atoms with Crippen molar-refractivity contribution in [2.75, 3.05) is 0 Å². The van der Waals surface area contributed by atoms with Crippen molar-refractivity contribution in [3.8, 4) is 0 Å². The average Bonchev–Trinajstić information content (AvgIpc) is 2.55. The highest BCUT2D eigenvalue weighted by Crippen LogP contribution is 2.09. The Morgan fingerprint density at radius 1 is 0.696 bits per heavy atom. The predicted molar refractivity (Wildman–Crippen MR) is 92.0 cm³/mol. The minimum atomic E-state index is -0.360. The molecule has 4 nitrogen and oxygen atoms in total. The minimum absolute atomic E-state index is 0.197. The first-order valence-corrected chi connectivity index (χ1v) is 7.36. The van der Waals surface area contributed by atoms with Crippen molar-refractivity contribution in [1.82, 2.24) is 9.97 Å². The second-order valence-electron chi connectivity index (χ2n) is 4.99. The first kappa shape index (κ1) is 15.1. The largest absolute Gasteiger partial charge is 0.316 e. The number of aromatic nitrogens is 2. The Labute approximate surface area is 136 Å². The summed E-state index contributed by atoms with van der Waals surface area (Å²) < 4.78 is 0. The van der Waals surface area contributed by atoms with Crippen LogP contribution in [0.1, 0.15) is 11.1 Å². The Morgan fingerprint density at radius 3 is 1.70 bits per heavy atom. The number of H-pyrrole nitrogens is 2. The van der Waals surface area contributed by atoms with Crippen molar-refractivity contribution >= 4 is 23.8 Å². The fourth-order valence-electron chi connectivity index (χ4n) is 2.14. The van der Waals surface area contributed by atoms with Crippen molar-refractivity contribution in [2.24, 2.45) is 0 Å². The van der Waals surface area contributed by atoms with Gasteiger partial charge in [0.25, 0.3) is 11.1 Å². The van der Waals surface area contributed by atoms with E-state index in [1.54, 1.807) is 36.4 Å². The monoisotopic (exact) mass is 324 g/mol. The second kappa shape index (κ2) is 6.50. The molecule has 0 aliphatic rings. The van der Waals surface area contributed by atoms with Crippen LogP contribution in [-0.4, -0.2) is 9.97 Å². The lowest BCUT2D eigenvalue weighted by molar-refractivity contribution is 1.00. The summed E-state index contributed by atoms with van der Waals surface area (Å²) in [7, 11) is 0. The van der Waals surface area contributed by atoms with E-state index in [1.807, 2.05) is 30.3 Å². The summed E-state index contributed by atoms with van der Waals surface area (Å²) in [6.07, 6.45) is 3.23. The molecule has 0 spiro atoms. The second-order valence-corrected chi connectivity index (χ2v) is 5.42. The van der Waals surface area contributed by atoms with Crippen LogP contribution in [0, 0.1) is 0 Å². The fraction of sp³-hybridized carbons (Fsp3) is 0. The van der Waals surface area contributed by atoms with Crippen molar-refractivity contribution in [1.29, 1.82) is 0 Å². The summed E-state index contributed by atoms with van der Waals surface area (Å²) in [4.78, 5) is 29.5. The van der Waals surface area contributed by atoms with Gasteiger partial charge in [0.05, 0.1) is 0 Å². The number of hydrogen-bond donors (Lipinski definition) is 2. The summed E-state index contributed by atoms with van der Waals surface area (Å²) in [5.74, 6) is 0. The van der Waals surface area contributed by atoms with E-state index in [9.17, 15) is 9.59 Å². The van der Waals surface area contributed by atoms with Crippen LogP contribution in [-0.2, 0) is 0 Å². The molecular weight excluding hydrogens is 312 g/mol. The molecule has 3 aromatic rings. The van der Waals surface area contributed by atoms with Gasteiger partial charge in [-0.1, -0.05) is 54.1 Å². The summed E-state index contributed by atoms with van der Waals surface area (Å²) in [5.41, 5.74) is 0.897. The van der Waals surface area contributed by atoms with Gasteiger partial charge in [-0.2, -0.15) is 0 Å². The van der Waals surface area contributed by atoms with E-state index >= 15 is 0 Å². The molecule has 3 rings (SSSR count). The molecule has 1 aromatic heterocycles. The summed E-state index contributed by atoms with van der Waals surface area (Å²) in [5, 5.41) is 1.02. The van der Waals surface area contributed by atoms with Gasteiger partial charge in [-0.3, -0.25) is 9.59 Å². The topological polar surface area (TPSA) is 65.7 Å². The molecule has 0 amide bonds. The Kier molecular flexibility index (Phi) is 4.26. The molecule has 0 aliphatic carbocycles. The van der Waals surface area contributed by atoms with Crippen LogP contribution < -0.4 is 21.8 Å². The Hall–Kier alpha value is -2.85. The summed E-state index contributed by atoms with van der Waals surface area (Å²) in [6.45, 7) is 0. The number of rotatable bonds is 2. The van der Waals surface area contributed by atoms with Gasteiger partial charge in [-0.05, 0) is 35.4 Å². The highest BCUT2D eigenvalue weighted by molar-refractivity contribution is 6.30. The predicted octanol–water partition coefficient (Wildman–Crippen LogP) is 1.37. The smallest absolute Gasteiger partial charge is 0.272 e. The van der Waals surface area contributed by atoms with E-state index in [1.165, 1.54) is 0 Å². The van der Waals surface area contributed by atoms with E-state index in [2.05, 4.69) is 9.97 Å². The zero-order valence-corrected chi connectivity index (χ0v) is 12.8. The average molecular weight is 325 g/mol. The molecule has 0 saturated carbocycles. The fourth-order valence-corrected chi connectivity index (χ4v) is 2.26. The molecule has 2 N–H and O–H groups in total. The Morgan fingerprint density at radius 2 is 1.17 bits per heavy atom. The highest BCUT2D eigenvalue weighted by Gasteiger charge is 1.97. The lowest BCUT2D eigenvalue weighted by atomic mass is 10.2. The van der Waals surface area contributed by atoms with Crippen LogP contribution in [0.2, 0.25) is 5.02 Å². The van der Waals surface area contributed by atoms with Gasteiger partial charge in [0, 0.05) is 5.02 Å². The van der Waals surface area contributed by atoms with Crippen molar-refractivity contribution < 1.29 is 0 Å². The molecule has 1 heterocycles. The molecule has 0 radical (unpaired) electrons. The Balaban J connectivity index is 2.12. The summed E-state index contributed by atoms with van der Waals surface area (Å²) in [6, 6.07) is 16.3. The molecule has 114 valence electrons. The van der Waals surface area contributed by atoms with E-state index in [-0.39, 0.29) is 21.8 Å². The van der Waals surface area contributed by atoms with Crippen molar-refractivity contribution in [3.05, 3.63) is 102 Å². The molecule has 0 fully saturated rings. The summed E-state index contributed by atoms with van der Waals surface area (Å²) >= 11 is 5.83. The maximum Gasteiger partial charge on any atom is 0.272 e. The number of aromatic amines is 2. The third-order valence-corrected chi connectivity index (χ3v) is 3.53. The van der Waals surface area contributed by atoms with Gasteiger partial charge in [-0.15, -0.1) is 0 Å². The van der Waals surface area contributed by atoms with Crippen LogP contribution in [0.5, 0.6) is 0 Å². The van der Waals surface area contributed by atoms with Crippen LogP contribution >= 0.6 is 11.6 Å². The van der Waals surface area contributed by atoms with Crippen LogP contribution in [0.15, 0.2) is 64.2 Å². The van der Waals surface area contributed by atoms with E-state index in [0.717, 1.165) is 11.1 Å². The first-order chi connectivity index (χ1) is 11.1. The molecular formula is C18H13ClN2O2. The van der Waals surface area contributed by atoms with Gasteiger partial charge in [0.15, 0.2) is 0 Å². The SMILES string of the molecule is O=c1[nH]/c(=C/c2ccc(Cl)cc2)c(=O)[nH]/c1=C\c1ccccc1. The Bertz CT molecular complexity index is 1050. The molecule has 0 saturated heterocycles. The van der Waals surface area contributed by atoms with E-state index in [4.69, 9.17) is 11.6 Å². The zero-order valence-electron chi connectivity index (χ0n) is 12.0. The van der Waals surface area contributed by atoms with Gasteiger partial charge in [0.2, 0.25) is 0 Å². The van der Waals surface area contributed by atoms with Gasteiger partial charge in [-0.25, -0.2) is 0 Å². The van der Waals surface area contributed by atoms with E-state index in [0.29, 0.717) is 5.02 Å². The number of nitrogens with one attached hydrogen (secondary N) is 2. The highest BCUT2D eigenvalue weighted by atomic mass is 35.5. The minimum Gasteiger partial charge on any atom is -0.316 e. The lowest BCUT2D eigenvalue weighted by Gasteiger charge is -1.95. The lowest BCUT2D eigenvalue weighted by Crippen LogP contribution is -2.46. The third-order valence-electron chi connectivity index (χ3n) is 3.28. The molecule has 0 aliphatic heterocycles. The van der Waals surface area contributed by atoms with Crippen LogP contribution in [0.25, 0.3) is 12.2 Å². The number of hydrogen-bond acceptors (Lipinski definition) is 2. The molecule has 0 unspecified atom stereocenters. The molecule has 0 atom stereocenters.